The van der Waals surface area contributed by atoms with Crippen molar-refractivity contribution >= 4 is 6.08 Å². The molecule has 1 fully saturated rings. The normalized spacial score (nSPS) is 28.9. The van der Waals surface area contributed by atoms with Gasteiger partial charge in [0.15, 0.2) is 0 Å². The highest BCUT2D eigenvalue weighted by molar-refractivity contribution is 5.62. The molecule has 0 aliphatic heterocycles. The van der Waals surface area contributed by atoms with Crippen molar-refractivity contribution in [1.29, 1.82) is 0 Å². The lowest BCUT2D eigenvalue weighted by Crippen LogP contribution is -2.35. The van der Waals surface area contributed by atoms with Crippen LogP contribution in [0.2, 0.25) is 0 Å². The van der Waals surface area contributed by atoms with Crippen molar-refractivity contribution in [2.75, 3.05) is 0 Å². The van der Waals surface area contributed by atoms with Crippen molar-refractivity contribution in [3.8, 4) is 0 Å². The minimum Gasteiger partial charge on any atom is -0.595 e. The maximum atomic E-state index is 11.4. The van der Waals surface area contributed by atoms with Gasteiger partial charge in [0.25, 0.3) is 0 Å². The Hall–Kier alpha value is -0.770. The molecule has 0 radical (unpaired) electrons. The number of rotatable bonds is 1. The lowest BCUT2D eigenvalue weighted by atomic mass is 9.92. The van der Waals surface area contributed by atoms with Gasteiger partial charge in [0.1, 0.15) is 6.08 Å². The average molecular weight is 213 g/mol. The van der Waals surface area contributed by atoms with Crippen LogP contribution in [0.5, 0.6) is 0 Å². The SMILES string of the molecule is CC(C)(C)OC([O-])=NC1CCCC(N)C1. The highest BCUT2D eigenvalue weighted by atomic mass is 16.6. The predicted octanol–water partition coefficient (Wildman–Crippen LogP) is 0.788. The molecule has 0 aromatic heterocycles. The Bertz CT molecular complexity index is 233. The van der Waals surface area contributed by atoms with Crippen molar-refractivity contribution < 1.29 is 9.84 Å². The third-order valence-corrected chi connectivity index (χ3v) is 2.37. The summed E-state index contributed by atoms with van der Waals surface area (Å²) in [6.45, 7) is 5.52. The zero-order valence-corrected chi connectivity index (χ0v) is 9.82. The van der Waals surface area contributed by atoms with Crippen LogP contribution in [0.25, 0.3) is 0 Å². The largest absolute Gasteiger partial charge is 0.595 e. The van der Waals surface area contributed by atoms with Gasteiger partial charge in [0.05, 0.1) is 6.04 Å². The standard InChI is InChI=1S/C11H22N2O2/c1-11(2,3)15-10(14)13-9-6-4-5-8(12)7-9/h8-9H,4-7,12H2,1-3H3,(H,13,14)/p-1. The van der Waals surface area contributed by atoms with Gasteiger partial charge in [-0.05, 0) is 25.7 Å². The van der Waals surface area contributed by atoms with Crippen molar-refractivity contribution in [2.45, 2.75) is 64.1 Å². The summed E-state index contributed by atoms with van der Waals surface area (Å²) in [5.41, 5.74) is 5.36. The van der Waals surface area contributed by atoms with Gasteiger partial charge in [-0.2, -0.15) is 0 Å². The fourth-order valence-corrected chi connectivity index (χ4v) is 1.76. The number of nitrogens with zero attached hydrogens (tertiary/aromatic N) is 1. The first-order chi connectivity index (χ1) is 6.87. The first kappa shape index (κ1) is 12.3. The Kier molecular flexibility index (Phi) is 3.97. The fraction of sp³-hybridized carbons (Fsp3) is 0.909. The van der Waals surface area contributed by atoms with E-state index in [1.807, 2.05) is 20.8 Å². The number of ether oxygens (including phenoxy) is 1. The van der Waals surface area contributed by atoms with E-state index in [0.29, 0.717) is 0 Å². The molecule has 2 unspecified atom stereocenters. The molecule has 88 valence electrons. The van der Waals surface area contributed by atoms with Gasteiger partial charge < -0.3 is 15.6 Å². The number of hydrogen-bond acceptors (Lipinski definition) is 4. The lowest BCUT2D eigenvalue weighted by Gasteiger charge is -2.31. The molecule has 2 atom stereocenters. The zero-order valence-electron chi connectivity index (χ0n) is 9.82. The molecule has 0 aromatic carbocycles. The molecule has 0 bridgehead atoms. The van der Waals surface area contributed by atoms with Crippen LogP contribution in [0.1, 0.15) is 46.5 Å². The van der Waals surface area contributed by atoms with Crippen LogP contribution in [0, 0.1) is 0 Å². The number of nitrogens with two attached hydrogens (primary N) is 1. The fourth-order valence-electron chi connectivity index (χ4n) is 1.76. The van der Waals surface area contributed by atoms with E-state index in [1.165, 1.54) is 0 Å². The van der Waals surface area contributed by atoms with Crippen LogP contribution in [0.4, 0.5) is 0 Å². The van der Waals surface area contributed by atoms with Gasteiger partial charge >= 0.3 is 0 Å². The second-order valence-corrected chi connectivity index (χ2v) is 5.19. The van der Waals surface area contributed by atoms with Gasteiger partial charge in [-0.1, -0.05) is 20.8 Å². The monoisotopic (exact) mass is 213 g/mol. The van der Waals surface area contributed by atoms with Crippen molar-refractivity contribution in [1.82, 2.24) is 0 Å². The third kappa shape index (κ3) is 5.02. The summed E-state index contributed by atoms with van der Waals surface area (Å²) in [5, 5.41) is 11.4. The Morgan fingerprint density at radius 2 is 2.07 bits per heavy atom. The van der Waals surface area contributed by atoms with Crippen LogP contribution in [-0.4, -0.2) is 23.8 Å². The molecule has 2 N–H and O–H groups in total. The second-order valence-electron chi connectivity index (χ2n) is 5.19. The average Bonchev–Trinajstić information content (AvgIpc) is 1.99. The van der Waals surface area contributed by atoms with Crippen LogP contribution in [0.15, 0.2) is 4.99 Å². The molecule has 0 spiro atoms. The summed E-state index contributed by atoms with van der Waals surface area (Å²) in [6.07, 6.45) is 3.39. The quantitative estimate of drug-likeness (QED) is 0.517. The molecule has 0 heterocycles. The molecule has 0 saturated heterocycles. The molecule has 4 heteroatoms. The predicted molar refractivity (Wildman–Crippen MR) is 58.5 cm³/mol. The first-order valence-electron chi connectivity index (χ1n) is 5.56. The Morgan fingerprint density at radius 1 is 1.40 bits per heavy atom. The first-order valence-corrected chi connectivity index (χ1v) is 5.56. The summed E-state index contributed by atoms with van der Waals surface area (Å²) in [6, 6.07) is 0.249. The lowest BCUT2D eigenvalue weighted by molar-refractivity contribution is -0.261. The third-order valence-electron chi connectivity index (χ3n) is 2.37. The van der Waals surface area contributed by atoms with Crippen LogP contribution in [-0.2, 0) is 4.74 Å². The molecular weight excluding hydrogens is 192 g/mol. The van der Waals surface area contributed by atoms with E-state index >= 15 is 0 Å². The Morgan fingerprint density at radius 3 is 2.60 bits per heavy atom. The molecule has 0 amide bonds. The zero-order chi connectivity index (χ0) is 11.5. The maximum absolute atomic E-state index is 11.4. The highest BCUT2D eigenvalue weighted by Gasteiger charge is 2.18. The molecule has 0 aromatic rings. The Labute approximate surface area is 91.5 Å². The minimum atomic E-state index is -0.461. The summed E-state index contributed by atoms with van der Waals surface area (Å²) in [7, 11) is 0. The van der Waals surface area contributed by atoms with Gasteiger partial charge in [-0.15, -0.1) is 0 Å². The topological polar surface area (TPSA) is 70.7 Å². The van der Waals surface area contributed by atoms with Crippen LogP contribution in [0.3, 0.4) is 0 Å². The molecule has 1 rings (SSSR count). The van der Waals surface area contributed by atoms with Crippen LogP contribution >= 0.6 is 0 Å². The molecular formula is C11H21N2O2-. The molecule has 1 aliphatic rings. The summed E-state index contributed by atoms with van der Waals surface area (Å²) < 4.78 is 5.13. The van der Waals surface area contributed by atoms with E-state index < -0.39 is 11.7 Å². The van der Waals surface area contributed by atoms with E-state index in [1.54, 1.807) is 0 Å². The van der Waals surface area contributed by atoms with E-state index in [2.05, 4.69) is 4.99 Å². The van der Waals surface area contributed by atoms with E-state index in [0.717, 1.165) is 25.7 Å². The minimum absolute atomic E-state index is 0.0589. The van der Waals surface area contributed by atoms with Gasteiger partial charge in [0, 0.05) is 11.6 Å². The second kappa shape index (κ2) is 4.84. The van der Waals surface area contributed by atoms with Crippen LogP contribution < -0.4 is 10.8 Å². The van der Waals surface area contributed by atoms with Crippen molar-refractivity contribution in [3.63, 3.8) is 0 Å². The van der Waals surface area contributed by atoms with Gasteiger partial charge in [0.2, 0.25) is 0 Å². The maximum Gasteiger partial charge on any atom is 0.146 e. The van der Waals surface area contributed by atoms with E-state index in [4.69, 9.17) is 10.5 Å². The van der Waals surface area contributed by atoms with E-state index in [9.17, 15) is 5.11 Å². The van der Waals surface area contributed by atoms with Crippen molar-refractivity contribution in [2.24, 2.45) is 10.7 Å². The van der Waals surface area contributed by atoms with Crippen molar-refractivity contribution in [3.05, 3.63) is 0 Å². The smallest absolute Gasteiger partial charge is 0.146 e. The van der Waals surface area contributed by atoms with E-state index in [-0.39, 0.29) is 12.1 Å². The molecule has 4 nitrogen and oxygen atoms in total. The highest BCUT2D eigenvalue weighted by Crippen LogP contribution is 2.20. The molecule has 1 aliphatic carbocycles. The summed E-state index contributed by atoms with van der Waals surface area (Å²) in [4.78, 5) is 4.03. The van der Waals surface area contributed by atoms with Gasteiger partial charge in [-0.25, -0.2) is 0 Å². The molecule has 1 saturated carbocycles. The molecule has 15 heavy (non-hydrogen) atoms. The Balaban J connectivity index is 2.47. The number of aliphatic imine (C=N–C) groups is 1. The number of hydrogen-bond donors (Lipinski definition) is 1. The summed E-state index contributed by atoms with van der Waals surface area (Å²) >= 11 is 0. The van der Waals surface area contributed by atoms with Gasteiger partial charge in [-0.3, -0.25) is 4.99 Å². The summed E-state index contributed by atoms with van der Waals surface area (Å²) in [5.74, 6) is 0.